The zero-order valence-corrected chi connectivity index (χ0v) is 20.6. The molecule has 0 unspecified atom stereocenters. The third-order valence-corrected chi connectivity index (χ3v) is 6.22. The fourth-order valence-corrected chi connectivity index (χ4v) is 4.30. The van der Waals surface area contributed by atoms with Gasteiger partial charge in [0.2, 0.25) is 5.91 Å². The number of fused-ring (bicyclic) bond motifs is 1. The third kappa shape index (κ3) is 4.26. The van der Waals surface area contributed by atoms with Crippen LogP contribution in [0.5, 0.6) is 0 Å². The van der Waals surface area contributed by atoms with Crippen molar-refractivity contribution in [1.29, 1.82) is 0 Å². The van der Waals surface area contributed by atoms with Gasteiger partial charge in [-0.2, -0.15) is 5.10 Å². The lowest BCUT2D eigenvalue weighted by molar-refractivity contribution is -0.111. The molecule has 1 amide bonds. The first kappa shape index (κ1) is 23.7. The maximum atomic E-state index is 12.1. The predicted molar refractivity (Wildman–Crippen MR) is 143 cm³/mol. The lowest BCUT2D eigenvalue weighted by atomic mass is 9.92. The second kappa shape index (κ2) is 9.42. The first-order chi connectivity index (χ1) is 16.8. The number of allylic oxidation sites excluding steroid dienone is 1. The number of nitrogens with one attached hydrogen (secondary N) is 2. The monoisotopic (exact) mass is 467 g/mol. The number of rotatable bonds is 6. The quantitative estimate of drug-likeness (QED) is 0.280. The molecule has 178 valence electrons. The van der Waals surface area contributed by atoms with E-state index >= 15 is 0 Å². The van der Waals surface area contributed by atoms with E-state index in [1.54, 1.807) is 24.1 Å². The Kier molecular flexibility index (Phi) is 6.38. The van der Waals surface area contributed by atoms with Gasteiger partial charge in [-0.25, -0.2) is 4.98 Å². The van der Waals surface area contributed by atoms with Crippen LogP contribution in [0.2, 0.25) is 0 Å². The molecule has 35 heavy (non-hydrogen) atoms. The van der Waals surface area contributed by atoms with E-state index in [1.165, 1.54) is 6.08 Å². The fraction of sp³-hybridized carbons (Fsp3) is 0.185. The number of nitrogens with zero attached hydrogens (tertiary/aromatic N) is 4. The number of hydrogen-bond donors (Lipinski definition) is 3. The van der Waals surface area contributed by atoms with Gasteiger partial charge in [0.1, 0.15) is 5.65 Å². The molecule has 4 N–H and O–H groups in total. The zero-order chi connectivity index (χ0) is 25.3. The van der Waals surface area contributed by atoms with Gasteiger partial charge in [0.05, 0.1) is 11.9 Å². The number of aromatic nitrogens is 4. The molecule has 0 bridgehead atoms. The second-order valence-corrected chi connectivity index (χ2v) is 8.41. The molecule has 1 aromatic carbocycles. The normalized spacial score (nSPS) is 12.3. The SMILES string of the molecule is C=CC(=O)Nc1c(C)ccc(-c2c(-c3cnn(C)c3)[nH]c3ncc(/C(=C/N)C(C)=NC)cc23)c1C. The highest BCUT2D eigenvalue weighted by molar-refractivity contribution is 6.23. The smallest absolute Gasteiger partial charge is 0.247 e. The van der Waals surface area contributed by atoms with Crippen molar-refractivity contribution >= 4 is 33.9 Å². The van der Waals surface area contributed by atoms with Crippen molar-refractivity contribution in [3.05, 3.63) is 72.3 Å². The first-order valence-corrected chi connectivity index (χ1v) is 11.2. The summed E-state index contributed by atoms with van der Waals surface area (Å²) < 4.78 is 1.76. The van der Waals surface area contributed by atoms with E-state index in [0.29, 0.717) is 0 Å². The molecule has 0 aliphatic heterocycles. The van der Waals surface area contributed by atoms with Gasteiger partial charge in [0, 0.05) is 71.7 Å². The third-order valence-electron chi connectivity index (χ3n) is 6.22. The lowest BCUT2D eigenvalue weighted by Gasteiger charge is -2.16. The predicted octanol–water partition coefficient (Wildman–Crippen LogP) is 4.76. The van der Waals surface area contributed by atoms with Gasteiger partial charge in [0.25, 0.3) is 0 Å². The molecule has 0 radical (unpaired) electrons. The Morgan fingerprint density at radius 2 is 2.06 bits per heavy atom. The standard InChI is InChI=1S/C27H29N7O/c1-7-23(35)32-25-15(2)8-9-20(16(25)3)24-21-10-18(22(11-28)17(4)29-5)12-30-27(21)33-26(24)19-13-31-34(6)14-19/h7-14H,1,28H2,2-6H3,(H,30,33)(H,32,35)/b22-11+,29-17?. The highest BCUT2D eigenvalue weighted by Crippen LogP contribution is 2.42. The van der Waals surface area contributed by atoms with Gasteiger partial charge in [-0.05, 0) is 49.6 Å². The van der Waals surface area contributed by atoms with Crippen molar-refractivity contribution in [3.8, 4) is 22.4 Å². The average molecular weight is 468 g/mol. The molecule has 0 saturated carbocycles. The maximum absolute atomic E-state index is 12.1. The molecule has 0 fully saturated rings. The van der Waals surface area contributed by atoms with Gasteiger partial charge >= 0.3 is 0 Å². The molecule has 0 aliphatic carbocycles. The minimum atomic E-state index is -0.254. The number of nitrogens with two attached hydrogens (primary N) is 1. The van der Waals surface area contributed by atoms with Crippen LogP contribution in [0.25, 0.3) is 39.0 Å². The topological polar surface area (TPSA) is 114 Å². The molecule has 0 aliphatic rings. The van der Waals surface area contributed by atoms with E-state index in [9.17, 15) is 4.79 Å². The van der Waals surface area contributed by atoms with Gasteiger partial charge in [-0.3, -0.25) is 14.5 Å². The average Bonchev–Trinajstić information content (AvgIpc) is 3.45. The molecular weight excluding hydrogens is 438 g/mol. The molecule has 3 heterocycles. The van der Waals surface area contributed by atoms with Gasteiger partial charge in [-0.15, -0.1) is 0 Å². The summed E-state index contributed by atoms with van der Waals surface area (Å²) in [6.07, 6.45) is 8.39. The number of carbonyl (C=O) groups excluding carboxylic acids is 1. The Balaban J connectivity index is 2.05. The highest BCUT2D eigenvalue weighted by Gasteiger charge is 2.21. The number of amides is 1. The number of aromatic amines is 1. The number of carbonyl (C=O) groups is 1. The Morgan fingerprint density at radius 1 is 1.29 bits per heavy atom. The minimum Gasteiger partial charge on any atom is -0.404 e. The molecule has 4 aromatic rings. The Morgan fingerprint density at radius 3 is 2.69 bits per heavy atom. The summed E-state index contributed by atoms with van der Waals surface area (Å²) in [5.74, 6) is -0.254. The van der Waals surface area contributed by atoms with Crippen LogP contribution in [0.1, 0.15) is 23.6 Å². The Labute approximate surface area is 204 Å². The van der Waals surface area contributed by atoms with Gasteiger partial charge in [0.15, 0.2) is 0 Å². The number of hydrogen-bond acceptors (Lipinski definition) is 5. The first-order valence-electron chi connectivity index (χ1n) is 11.2. The second-order valence-electron chi connectivity index (χ2n) is 8.41. The van der Waals surface area contributed by atoms with Crippen LogP contribution in [0.3, 0.4) is 0 Å². The van der Waals surface area contributed by atoms with E-state index in [2.05, 4.69) is 39.1 Å². The summed E-state index contributed by atoms with van der Waals surface area (Å²) in [4.78, 5) is 24.6. The summed E-state index contributed by atoms with van der Waals surface area (Å²) in [6, 6.07) is 6.15. The molecule has 3 aromatic heterocycles. The van der Waals surface area contributed by atoms with Crippen LogP contribution in [0, 0.1) is 13.8 Å². The molecule has 8 heteroatoms. The van der Waals surface area contributed by atoms with E-state index in [1.807, 2.05) is 46.3 Å². The number of H-pyrrole nitrogens is 1. The fourth-order valence-electron chi connectivity index (χ4n) is 4.30. The number of anilines is 1. The van der Waals surface area contributed by atoms with Crippen LogP contribution in [-0.4, -0.2) is 38.4 Å². The minimum absolute atomic E-state index is 0.254. The van der Waals surface area contributed by atoms with E-state index < -0.39 is 0 Å². The summed E-state index contributed by atoms with van der Waals surface area (Å²) in [7, 11) is 3.62. The van der Waals surface area contributed by atoms with E-state index in [0.717, 1.165) is 67.1 Å². The van der Waals surface area contributed by atoms with E-state index in [4.69, 9.17) is 10.7 Å². The summed E-state index contributed by atoms with van der Waals surface area (Å²) in [5, 5.41) is 8.25. The summed E-state index contributed by atoms with van der Waals surface area (Å²) >= 11 is 0. The van der Waals surface area contributed by atoms with Crippen molar-refractivity contribution in [3.63, 3.8) is 0 Å². The van der Waals surface area contributed by atoms with Crippen LogP contribution < -0.4 is 11.1 Å². The molecule has 0 saturated heterocycles. The van der Waals surface area contributed by atoms with Crippen molar-refractivity contribution in [2.75, 3.05) is 12.4 Å². The molecule has 0 atom stereocenters. The lowest BCUT2D eigenvalue weighted by Crippen LogP contribution is -2.10. The van der Waals surface area contributed by atoms with Crippen molar-refractivity contribution in [2.45, 2.75) is 20.8 Å². The summed E-state index contributed by atoms with van der Waals surface area (Å²) in [6.45, 7) is 9.47. The van der Waals surface area contributed by atoms with Crippen molar-refractivity contribution < 1.29 is 4.79 Å². The van der Waals surface area contributed by atoms with Gasteiger partial charge < -0.3 is 16.0 Å². The number of aryl methyl sites for hydroxylation is 2. The zero-order valence-electron chi connectivity index (χ0n) is 20.6. The molecule has 8 nitrogen and oxygen atoms in total. The highest BCUT2D eigenvalue weighted by atomic mass is 16.1. The Hall–Kier alpha value is -4.46. The van der Waals surface area contributed by atoms with Crippen LogP contribution in [0.15, 0.2) is 60.6 Å². The largest absolute Gasteiger partial charge is 0.404 e. The molecule has 4 rings (SSSR count). The van der Waals surface area contributed by atoms with Crippen LogP contribution in [0.4, 0.5) is 5.69 Å². The number of benzene rings is 1. The van der Waals surface area contributed by atoms with Crippen molar-refractivity contribution in [1.82, 2.24) is 19.7 Å². The number of aliphatic imine (C=N–C) groups is 1. The maximum Gasteiger partial charge on any atom is 0.247 e. The molecular formula is C27H29N7O. The molecule has 0 spiro atoms. The van der Waals surface area contributed by atoms with Crippen LogP contribution >= 0.6 is 0 Å². The summed E-state index contributed by atoms with van der Waals surface area (Å²) in [5.41, 5.74) is 15.6. The van der Waals surface area contributed by atoms with Gasteiger partial charge in [-0.1, -0.05) is 18.7 Å². The van der Waals surface area contributed by atoms with Crippen LogP contribution in [-0.2, 0) is 11.8 Å². The Bertz CT molecular complexity index is 1520. The number of pyridine rings is 1. The van der Waals surface area contributed by atoms with Crippen molar-refractivity contribution in [2.24, 2.45) is 17.8 Å². The van der Waals surface area contributed by atoms with E-state index in [-0.39, 0.29) is 5.91 Å².